The highest BCUT2D eigenvalue weighted by atomic mass is 32.2. The molecule has 0 spiro atoms. The van der Waals surface area contributed by atoms with Gasteiger partial charge in [-0.25, -0.2) is 9.59 Å². The molecule has 1 amide bonds. The van der Waals surface area contributed by atoms with Crippen molar-refractivity contribution in [3.63, 3.8) is 0 Å². The number of thiocarbonyl (C=S) groups is 1. The molecule has 1 unspecified atom stereocenters. The first-order chi connectivity index (χ1) is 19.0. The zero-order valence-electron chi connectivity index (χ0n) is 20.2. The number of esters is 2. The standard InChI is InChI=1S/C30H19NO6S2/c32-26-25(39-30(38)31(26)17-18-6-2-1-3-7-18)16-21-14-15-24(35-21)19-10-12-20(13-11-19)27(33)36-29-23-9-5-4-8-22(23)28(34)37-29/h1-16,29H,17H2/b25-16+. The van der Waals surface area contributed by atoms with Crippen molar-refractivity contribution < 1.29 is 28.3 Å². The largest absolute Gasteiger partial charge is 0.457 e. The monoisotopic (exact) mass is 553 g/mol. The van der Waals surface area contributed by atoms with E-state index >= 15 is 0 Å². The highest BCUT2D eigenvalue weighted by Crippen LogP contribution is 2.35. The summed E-state index contributed by atoms with van der Waals surface area (Å²) < 4.78 is 17.1. The SMILES string of the molecule is O=C(OC1OC(=O)c2ccccc21)c1ccc(-c2ccc(/C=C3/SC(=S)N(Cc4ccccc4)C3=O)o2)cc1. The molecule has 0 N–H and O–H groups in total. The summed E-state index contributed by atoms with van der Waals surface area (Å²) in [6.07, 6.45) is 0.606. The predicted molar refractivity (Wildman–Crippen MR) is 149 cm³/mol. The Morgan fingerprint density at radius 3 is 2.49 bits per heavy atom. The van der Waals surface area contributed by atoms with Gasteiger partial charge in [0.1, 0.15) is 15.8 Å². The van der Waals surface area contributed by atoms with E-state index in [2.05, 4.69) is 0 Å². The second kappa shape index (κ2) is 10.4. The van der Waals surface area contributed by atoms with Gasteiger partial charge in [0.05, 0.1) is 22.6 Å². The van der Waals surface area contributed by atoms with Crippen molar-refractivity contribution in [1.29, 1.82) is 0 Å². The number of ether oxygens (including phenoxy) is 2. The predicted octanol–water partition coefficient (Wildman–Crippen LogP) is 6.37. The highest BCUT2D eigenvalue weighted by molar-refractivity contribution is 8.26. The normalized spacial score (nSPS) is 17.4. The van der Waals surface area contributed by atoms with Gasteiger partial charge in [-0.15, -0.1) is 0 Å². The van der Waals surface area contributed by atoms with Gasteiger partial charge in [0, 0.05) is 17.2 Å². The van der Waals surface area contributed by atoms with Crippen LogP contribution in [0, 0.1) is 0 Å². The zero-order valence-corrected chi connectivity index (χ0v) is 21.9. The Morgan fingerprint density at radius 1 is 0.949 bits per heavy atom. The van der Waals surface area contributed by atoms with E-state index in [0.717, 1.165) is 11.1 Å². The van der Waals surface area contributed by atoms with Gasteiger partial charge in [0.15, 0.2) is 0 Å². The van der Waals surface area contributed by atoms with Gasteiger partial charge in [0.25, 0.3) is 12.2 Å². The molecular formula is C30H19NO6S2. The maximum atomic E-state index is 12.9. The Bertz CT molecular complexity index is 1640. The van der Waals surface area contributed by atoms with Crippen molar-refractivity contribution in [1.82, 2.24) is 4.90 Å². The van der Waals surface area contributed by atoms with Crippen LogP contribution in [0.2, 0.25) is 0 Å². The lowest BCUT2D eigenvalue weighted by molar-refractivity contribution is -0.122. The van der Waals surface area contributed by atoms with E-state index in [4.69, 9.17) is 26.1 Å². The van der Waals surface area contributed by atoms with Gasteiger partial charge >= 0.3 is 11.9 Å². The van der Waals surface area contributed by atoms with Crippen molar-refractivity contribution in [2.45, 2.75) is 12.8 Å². The van der Waals surface area contributed by atoms with E-state index < -0.39 is 18.2 Å². The molecule has 4 aromatic rings. The minimum atomic E-state index is -1.07. The molecule has 0 aliphatic carbocycles. The first-order valence-corrected chi connectivity index (χ1v) is 13.2. The van der Waals surface area contributed by atoms with Crippen LogP contribution in [0.25, 0.3) is 17.4 Å². The number of nitrogens with zero attached hydrogens (tertiary/aromatic N) is 1. The molecule has 1 saturated heterocycles. The quantitative estimate of drug-likeness (QED) is 0.155. The molecule has 0 radical (unpaired) electrons. The molecule has 3 heterocycles. The molecule has 3 aromatic carbocycles. The summed E-state index contributed by atoms with van der Waals surface area (Å²) in [4.78, 5) is 39.7. The summed E-state index contributed by atoms with van der Waals surface area (Å²) in [7, 11) is 0. The van der Waals surface area contributed by atoms with Crippen LogP contribution in [0.15, 0.2) is 100 Å². The van der Waals surface area contributed by atoms with E-state index in [1.807, 2.05) is 30.3 Å². The molecule has 2 aliphatic heterocycles. The van der Waals surface area contributed by atoms with Crippen LogP contribution in [0.5, 0.6) is 0 Å². The van der Waals surface area contributed by atoms with Gasteiger partial charge in [-0.1, -0.05) is 84.6 Å². The molecule has 0 saturated carbocycles. The average Bonchev–Trinajstić information content (AvgIpc) is 3.63. The average molecular weight is 554 g/mol. The van der Waals surface area contributed by atoms with E-state index in [1.165, 1.54) is 11.8 Å². The third-order valence-corrected chi connectivity index (χ3v) is 7.60. The second-order valence-electron chi connectivity index (χ2n) is 8.76. The van der Waals surface area contributed by atoms with Gasteiger partial charge in [-0.2, -0.15) is 0 Å². The van der Waals surface area contributed by atoms with Gasteiger partial charge in [-0.3, -0.25) is 9.69 Å². The molecule has 39 heavy (non-hydrogen) atoms. The first-order valence-electron chi connectivity index (χ1n) is 12.0. The molecule has 192 valence electrons. The van der Waals surface area contributed by atoms with E-state index in [9.17, 15) is 14.4 Å². The summed E-state index contributed by atoms with van der Waals surface area (Å²) in [5.41, 5.74) is 2.94. The summed E-state index contributed by atoms with van der Waals surface area (Å²) >= 11 is 6.67. The van der Waals surface area contributed by atoms with Crippen molar-refractivity contribution in [3.05, 3.63) is 124 Å². The first kappa shape index (κ1) is 24.8. The molecule has 9 heteroatoms. The number of cyclic esters (lactones) is 1. The lowest BCUT2D eigenvalue weighted by Gasteiger charge is -2.14. The number of hydrogen-bond donors (Lipinski definition) is 0. The zero-order chi connectivity index (χ0) is 26.9. The molecule has 7 nitrogen and oxygen atoms in total. The molecule has 1 aromatic heterocycles. The van der Waals surface area contributed by atoms with E-state index in [0.29, 0.717) is 44.0 Å². The Labute approximate surface area is 233 Å². The third-order valence-electron chi connectivity index (χ3n) is 6.23. The number of furan rings is 1. The summed E-state index contributed by atoms with van der Waals surface area (Å²) in [6, 6.07) is 26.7. The maximum Gasteiger partial charge on any atom is 0.342 e. The number of amides is 1. The van der Waals surface area contributed by atoms with Crippen molar-refractivity contribution in [2.24, 2.45) is 0 Å². The number of rotatable bonds is 6. The van der Waals surface area contributed by atoms with Gasteiger partial charge in [0.2, 0.25) is 0 Å². The Hall–Kier alpha value is -4.47. The number of fused-ring (bicyclic) bond motifs is 1. The van der Waals surface area contributed by atoms with Crippen molar-refractivity contribution in [2.75, 3.05) is 0 Å². The van der Waals surface area contributed by atoms with Crippen LogP contribution >= 0.6 is 24.0 Å². The fraction of sp³-hybridized carbons (Fsp3) is 0.0667. The number of hydrogen-bond acceptors (Lipinski definition) is 8. The summed E-state index contributed by atoms with van der Waals surface area (Å²) in [6.45, 7) is 0.413. The van der Waals surface area contributed by atoms with Crippen molar-refractivity contribution >= 4 is 52.2 Å². The molecule has 1 fully saturated rings. The molecular weight excluding hydrogens is 534 g/mol. The van der Waals surface area contributed by atoms with Crippen LogP contribution in [-0.4, -0.2) is 27.1 Å². The fourth-order valence-electron chi connectivity index (χ4n) is 4.25. The van der Waals surface area contributed by atoms with Crippen LogP contribution in [0.3, 0.4) is 0 Å². The Balaban J connectivity index is 1.12. The summed E-state index contributed by atoms with van der Waals surface area (Å²) in [5, 5.41) is 0. The smallest absolute Gasteiger partial charge is 0.342 e. The number of thioether (sulfide) groups is 1. The number of carbonyl (C=O) groups is 3. The van der Waals surface area contributed by atoms with Gasteiger partial charge < -0.3 is 13.9 Å². The van der Waals surface area contributed by atoms with Crippen molar-refractivity contribution in [3.8, 4) is 11.3 Å². The van der Waals surface area contributed by atoms with Gasteiger partial charge in [-0.05, 0) is 35.9 Å². The molecule has 2 aliphatic rings. The topological polar surface area (TPSA) is 86.0 Å². The second-order valence-corrected chi connectivity index (χ2v) is 10.4. The number of carbonyl (C=O) groups excluding carboxylic acids is 3. The minimum Gasteiger partial charge on any atom is -0.457 e. The highest BCUT2D eigenvalue weighted by Gasteiger charge is 2.34. The summed E-state index contributed by atoms with van der Waals surface area (Å²) in [5.74, 6) is -0.222. The lowest BCUT2D eigenvalue weighted by atomic mass is 10.1. The third kappa shape index (κ3) is 5.01. The van der Waals surface area contributed by atoms with Crippen LogP contribution in [0.4, 0.5) is 0 Å². The maximum absolute atomic E-state index is 12.9. The van der Waals surface area contributed by atoms with E-state index in [-0.39, 0.29) is 5.91 Å². The minimum absolute atomic E-state index is 0.162. The Kier molecular flexibility index (Phi) is 6.60. The number of benzene rings is 3. The lowest BCUT2D eigenvalue weighted by Crippen LogP contribution is -2.27. The molecule has 6 rings (SSSR count). The Morgan fingerprint density at radius 2 is 1.69 bits per heavy atom. The van der Waals surface area contributed by atoms with E-state index in [1.54, 1.807) is 71.6 Å². The molecule has 1 atom stereocenters. The van der Waals surface area contributed by atoms with Crippen LogP contribution < -0.4 is 0 Å². The van der Waals surface area contributed by atoms with Crippen LogP contribution in [0.1, 0.15) is 43.9 Å². The molecule has 0 bridgehead atoms. The fourth-order valence-corrected chi connectivity index (χ4v) is 5.49. The van der Waals surface area contributed by atoms with Crippen LogP contribution in [-0.2, 0) is 20.8 Å².